The highest BCUT2D eigenvalue weighted by molar-refractivity contribution is 5.19. The number of aliphatic hydroxyl groups is 2. The molecule has 2 rings (SSSR count). The third kappa shape index (κ3) is 5.91. The van der Waals surface area contributed by atoms with Gasteiger partial charge in [0.05, 0.1) is 11.7 Å². The molecule has 0 heterocycles. The van der Waals surface area contributed by atoms with E-state index in [-0.39, 0.29) is 11.5 Å². The molecule has 0 saturated heterocycles. The lowest BCUT2D eigenvalue weighted by atomic mass is 9.60. The lowest BCUT2D eigenvalue weighted by Crippen LogP contribution is -2.37. The Bertz CT molecular complexity index is 574. The van der Waals surface area contributed by atoms with E-state index in [4.69, 9.17) is 0 Å². The van der Waals surface area contributed by atoms with E-state index in [1.54, 1.807) is 0 Å². The number of rotatable bonds is 9. The minimum Gasteiger partial charge on any atom is -0.393 e. The molecule has 2 fully saturated rings. The molecule has 0 aromatic carbocycles. The SMILES string of the molecule is CC/C=C1/C[C@@H](O)CC[C@]1(C)[C@H](C)CC[C@@]1(C)[C@H](C)CC[C@@H]1[C@H](C)CCC(C)(C)O. The van der Waals surface area contributed by atoms with E-state index in [0.717, 1.165) is 50.4 Å². The molecule has 2 N–H and O–H groups in total. The Morgan fingerprint density at radius 3 is 2.40 bits per heavy atom. The summed E-state index contributed by atoms with van der Waals surface area (Å²) in [5.41, 5.74) is 1.61. The van der Waals surface area contributed by atoms with Crippen molar-refractivity contribution in [3.63, 3.8) is 0 Å². The number of hydrogen-bond donors (Lipinski definition) is 2. The summed E-state index contributed by atoms with van der Waals surface area (Å²) < 4.78 is 0. The number of allylic oxidation sites excluding steroid dienone is 1. The van der Waals surface area contributed by atoms with E-state index >= 15 is 0 Å². The molecular weight excluding hydrogens is 368 g/mol. The highest BCUT2D eigenvalue weighted by Crippen LogP contribution is 2.56. The molecule has 2 aliphatic rings. The van der Waals surface area contributed by atoms with Crippen molar-refractivity contribution < 1.29 is 10.2 Å². The van der Waals surface area contributed by atoms with Crippen LogP contribution >= 0.6 is 0 Å². The average Bonchev–Trinajstić information content (AvgIpc) is 2.95. The van der Waals surface area contributed by atoms with Gasteiger partial charge in [0.1, 0.15) is 0 Å². The molecule has 2 nitrogen and oxygen atoms in total. The van der Waals surface area contributed by atoms with Gasteiger partial charge in [-0.3, -0.25) is 0 Å². The van der Waals surface area contributed by atoms with Gasteiger partial charge >= 0.3 is 0 Å². The predicted molar refractivity (Wildman–Crippen MR) is 129 cm³/mol. The third-order valence-corrected chi connectivity index (χ3v) is 9.62. The van der Waals surface area contributed by atoms with Crippen molar-refractivity contribution in [3.05, 3.63) is 11.6 Å². The van der Waals surface area contributed by atoms with Crippen LogP contribution in [0.15, 0.2) is 11.6 Å². The summed E-state index contributed by atoms with van der Waals surface area (Å²) in [5.74, 6) is 2.89. The van der Waals surface area contributed by atoms with Gasteiger partial charge in [-0.1, -0.05) is 53.2 Å². The maximum absolute atomic E-state index is 10.2. The van der Waals surface area contributed by atoms with Crippen LogP contribution in [-0.4, -0.2) is 21.9 Å². The second kappa shape index (κ2) is 10.1. The fourth-order valence-corrected chi connectivity index (χ4v) is 6.79. The normalized spacial score (nSPS) is 38.7. The zero-order valence-corrected chi connectivity index (χ0v) is 21.4. The van der Waals surface area contributed by atoms with Gasteiger partial charge in [-0.05, 0) is 113 Å². The van der Waals surface area contributed by atoms with Crippen LogP contribution < -0.4 is 0 Å². The number of hydrogen-bond acceptors (Lipinski definition) is 2. The molecule has 7 atom stereocenters. The maximum atomic E-state index is 10.2. The van der Waals surface area contributed by atoms with Crippen LogP contribution in [0.3, 0.4) is 0 Å². The van der Waals surface area contributed by atoms with Crippen LogP contribution in [-0.2, 0) is 0 Å². The summed E-state index contributed by atoms with van der Waals surface area (Å²) in [4.78, 5) is 0. The van der Waals surface area contributed by atoms with Crippen LogP contribution in [0, 0.1) is 34.5 Å². The van der Waals surface area contributed by atoms with Crippen molar-refractivity contribution in [1.82, 2.24) is 0 Å². The highest BCUT2D eigenvalue weighted by atomic mass is 16.3. The Kier molecular flexibility index (Phi) is 8.70. The van der Waals surface area contributed by atoms with Crippen LogP contribution in [0.4, 0.5) is 0 Å². The molecule has 2 heteroatoms. The molecule has 2 saturated carbocycles. The van der Waals surface area contributed by atoms with E-state index in [2.05, 4.69) is 47.6 Å². The van der Waals surface area contributed by atoms with E-state index in [1.165, 1.54) is 31.3 Å². The Hall–Kier alpha value is -0.340. The fraction of sp³-hybridized carbons (Fsp3) is 0.929. The molecule has 0 aromatic heterocycles. The first kappa shape index (κ1) is 25.9. The molecule has 176 valence electrons. The lowest BCUT2D eigenvalue weighted by Gasteiger charge is -2.46. The Balaban J connectivity index is 2.08. The first-order valence-corrected chi connectivity index (χ1v) is 12.9. The molecule has 30 heavy (non-hydrogen) atoms. The van der Waals surface area contributed by atoms with Crippen molar-refractivity contribution in [3.8, 4) is 0 Å². The Morgan fingerprint density at radius 1 is 1.13 bits per heavy atom. The summed E-state index contributed by atoms with van der Waals surface area (Å²) >= 11 is 0. The Labute approximate surface area is 187 Å². The minimum absolute atomic E-state index is 0.142. The van der Waals surface area contributed by atoms with E-state index in [9.17, 15) is 10.2 Å². The van der Waals surface area contributed by atoms with E-state index < -0.39 is 5.60 Å². The maximum Gasteiger partial charge on any atom is 0.0591 e. The summed E-state index contributed by atoms with van der Waals surface area (Å²) in [6.07, 6.45) is 13.6. The first-order chi connectivity index (χ1) is 13.8. The lowest BCUT2D eigenvalue weighted by molar-refractivity contribution is 0.0415. The first-order valence-electron chi connectivity index (χ1n) is 12.9. The van der Waals surface area contributed by atoms with Gasteiger partial charge < -0.3 is 10.2 Å². The topological polar surface area (TPSA) is 40.5 Å². The van der Waals surface area contributed by atoms with Crippen LogP contribution in [0.2, 0.25) is 0 Å². The fourth-order valence-electron chi connectivity index (χ4n) is 6.79. The van der Waals surface area contributed by atoms with Crippen LogP contribution in [0.1, 0.15) is 120 Å². The average molecular weight is 421 g/mol. The van der Waals surface area contributed by atoms with Gasteiger partial charge in [-0.25, -0.2) is 0 Å². The summed E-state index contributed by atoms with van der Waals surface area (Å²) in [6, 6.07) is 0. The molecule has 0 bridgehead atoms. The molecular formula is C28H52O2. The van der Waals surface area contributed by atoms with Gasteiger partial charge in [-0.2, -0.15) is 0 Å². The number of aliphatic hydroxyl groups excluding tert-OH is 1. The monoisotopic (exact) mass is 420 g/mol. The van der Waals surface area contributed by atoms with Crippen molar-refractivity contribution in [2.24, 2.45) is 34.5 Å². The van der Waals surface area contributed by atoms with Gasteiger partial charge in [0, 0.05) is 0 Å². The minimum atomic E-state index is -0.550. The predicted octanol–water partition coefficient (Wildman–Crippen LogP) is 7.53. The van der Waals surface area contributed by atoms with Crippen molar-refractivity contribution in [2.75, 3.05) is 0 Å². The summed E-state index contributed by atoms with van der Waals surface area (Å²) in [7, 11) is 0. The summed E-state index contributed by atoms with van der Waals surface area (Å²) in [6.45, 7) is 18.5. The quantitative estimate of drug-likeness (QED) is 0.378. The standard InChI is InChI=1S/C28H52O2/c1-9-10-23-19-24(29)15-18-27(23,7)22(4)14-17-28(8)21(3)11-12-25(28)20(2)13-16-26(5,6)30/h10,20-22,24-25,29-30H,9,11-19H2,1-8H3/b23-10-/t20-,21-,22-,24+,25-,27-,28+/m1/s1. The second-order valence-electron chi connectivity index (χ2n) is 12.3. The van der Waals surface area contributed by atoms with Crippen molar-refractivity contribution >= 4 is 0 Å². The zero-order valence-electron chi connectivity index (χ0n) is 21.4. The largest absolute Gasteiger partial charge is 0.393 e. The molecule has 0 aliphatic heterocycles. The van der Waals surface area contributed by atoms with Crippen LogP contribution in [0.5, 0.6) is 0 Å². The molecule has 0 amide bonds. The summed E-state index contributed by atoms with van der Waals surface area (Å²) in [5, 5.41) is 20.4. The Morgan fingerprint density at radius 2 is 1.80 bits per heavy atom. The van der Waals surface area contributed by atoms with E-state index in [0.29, 0.717) is 17.3 Å². The van der Waals surface area contributed by atoms with Gasteiger partial charge in [0.25, 0.3) is 0 Å². The third-order valence-electron chi connectivity index (χ3n) is 9.62. The van der Waals surface area contributed by atoms with Crippen LogP contribution in [0.25, 0.3) is 0 Å². The van der Waals surface area contributed by atoms with E-state index in [1.807, 2.05) is 13.8 Å². The second-order valence-corrected chi connectivity index (χ2v) is 12.3. The smallest absolute Gasteiger partial charge is 0.0591 e. The zero-order chi connectivity index (χ0) is 22.7. The highest BCUT2D eigenvalue weighted by Gasteiger charge is 2.47. The molecule has 0 radical (unpaired) electrons. The molecule has 2 aliphatic carbocycles. The van der Waals surface area contributed by atoms with Crippen molar-refractivity contribution in [1.29, 1.82) is 0 Å². The van der Waals surface area contributed by atoms with Gasteiger partial charge in [-0.15, -0.1) is 0 Å². The van der Waals surface area contributed by atoms with Gasteiger partial charge in [0.15, 0.2) is 0 Å². The molecule has 0 spiro atoms. The van der Waals surface area contributed by atoms with Gasteiger partial charge in [0.2, 0.25) is 0 Å². The van der Waals surface area contributed by atoms with Crippen molar-refractivity contribution in [2.45, 2.75) is 131 Å². The molecule has 0 unspecified atom stereocenters. The molecule has 0 aromatic rings.